The van der Waals surface area contributed by atoms with Gasteiger partial charge in [0.2, 0.25) is 0 Å². The Bertz CT molecular complexity index is 789. The van der Waals surface area contributed by atoms with Crippen LogP contribution in [0.4, 0.5) is 0 Å². The van der Waals surface area contributed by atoms with Crippen LogP contribution in [0.2, 0.25) is 0 Å². The Balaban J connectivity index is 1.32. The van der Waals surface area contributed by atoms with E-state index in [1.807, 2.05) is 27.5 Å². The quantitative estimate of drug-likeness (QED) is 0.689. The average molecular weight is 399 g/mol. The summed E-state index contributed by atoms with van der Waals surface area (Å²) in [6.07, 6.45) is 11.4. The summed E-state index contributed by atoms with van der Waals surface area (Å²) in [6, 6.07) is 8.96. The number of carbonyl (C=O) groups excluding carboxylic acids is 1. The Hall–Kier alpha value is -1.82. The number of hydrogen-bond acceptors (Lipinski definition) is 4. The third kappa shape index (κ3) is 4.59. The van der Waals surface area contributed by atoms with Crippen molar-refractivity contribution < 1.29 is 4.79 Å². The monoisotopic (exact) mass is 398 g/mol. The molecule has 1 aromatic carbocycles. The van der Waals surface area contributed by atoms with Crippen LogP contribution in [0.1, 0.15) is 73.5 Å². The predicted octanol–water partition coefficient (Wildman–Crippen LogP) is 4.88. The van der Waals surface area contributed by atoms with Crippen molar-refractivity contribution in [2.45, 2.75) is 74.5 Å². The second-order valence-electron chi connectivity index (χ2n) is 8.10. The lowest BCUT2D eigenvalue weighted by Gasteiger charge is -2.31. The maximum Gasteiger partial charge on any atom is 0.276 e. The molecule has 1 saturated carbocycles. The molecule has 1 amide bonds. The summed E-state index contributed by atoms with van der Waals surface area (Å²) < 4.78 is 1.94. The molecule has 4 rings (SSSR count). The summed E-state index contributed by atoms with van der Waals surface area (Å²) in [5.41, 5.74) is 1.84. The number of thioether (sulfide) groups is 1. The molecule has 6 heteroatoms. The number of aromatic nitrogens is 3. The van der Waals surface area contributed by atoms with Crippen molar-refractivity contribution in [3.63, 3.8) is 0 Å². The number of amides is 1. The minimum atomic E-state index is 0.0409. The van der Waals surface area contributed by atoms with Gasteiger partial charge in [-0.2, -0.15) is 0 Å². The number of hydrogen-bond donors (Lipinski definition) is 0. The first-order valence-electron chi connectivity index (χ1n) is 10.6. The van der Waals surface area contributed by atoms with Crippen LogP contribution in [0.5, 0.6) is 0 Å². The maximum atomic E-state index is 12.9. The molecule has 28 heavy (non-hydrogen) atoms. The lowest BCUT2D eigenvalue weighted by atomic mass is 10.1. The Morgan fingerprint density at radius 3 is 2.46 bits per heavy atom. The van der Waals surface area contributed by atoms with Crippen molar-refractivity contribution in [2.24, 2.45) is 0 Å². The minimum absolute atomic E-state index is 0.0409. The van der Waals surface area contributed by atoms with Gasteiger partial charge in [0, 0.05) is 23.2 Å². The molecule has 1 aliphatic carbocycles. The topological polar surface area (TPSA) is 51.0 Å². The second kappa shape index (κ2) is 9.12. The molecule has 2 aromatic rings. The van der Waals surface area contributed by atoms with Gasteiger partial charge in [0.25, 0.3) is 5.91 Å². The molecule has 0 radical (unpaired) electrons. The van der Waals surface area contributed by atoms with E-state index in [-0.39, 0.29) is 5.91 Å². The van der Waals surface area contributed by atoms with E-state index >= 15 is 0 Å². The fraction of sp³-hybridized carbons (Fsp3) is 0.591. The molecule has 0 spiro atoms. The summed E-state index contributed by atoms with van der Waals surface area (Å²) >= 11 is 1.96. The molecule has 2 fully saturated rings. The minimum Gasteiger partial charge on any atom is -0.337 e. The van der Waals surface area contributed by atoms with Crippen LogP contribution in [-0.4, -0.2) is 44.1 Å². The smallest absolute Gasteiger partial charge is 0.276 e. The van der Waals surface area contributed by atoms with Crippen LogP contribution in [0, 0.1) is 6.92 Å². The van der Waals surface area contributed by atoms with Gasteiger partial charge in [0.05, 0.1) is 12.2 Å². The maximum absolute atomic E-state index is 12.9. The number of nitrogens with zero attached hydrogens (tertiary/aromatic N) is 4. The van der Waals surface area contributed by atoms with Crippen molar-refractivity contribution in [3.05, 3.63) is 41.7 Å². The van der Waals surface area contributed by atoms with Crippen molar-refractivity contribution in [2.75, 3.05) is 13.1 Å². The molecule has 0 atom stereocenters. The zero-order valence-corrected chi connectivity index (χ0v) is 17.5. The molecule has 1 saturated heterocycles. The van der Waals surface area contributed by atoms with Crippen LogP contribution in [0.25, 0.3) is 0 Å². The van der Waals surface area contributed by atoms with Crippen molar-refractivity contribution in [3.8, 4) is 0 Å². The van der Waals surface area contributed by atoms with Crippen LogP contribution in [0.15, 0.2) is 35.4 Å². The van der Waals surface area contributed by atoms with Crippen molar-refractivity contribution in [1.29, 1.82) is 0 Å². The average Bonchev–Trinajstić information content (AvgIpc) is 3.05. The van der Waals surface area contributed by atoms with Gasteiger partial charge in [-0.05, 0) is 44.2 Å². The number of carbonyl (C=O) groups is 1. The Morgan fingerprint density at radius 2 is 1.75 bits per heavy atom. The number of benzene rings is 1. The van der Waals surface area contributed by atoms with E-state index in [0.29, 0.717) is 17.0 Å². The van der Waals surface area contributed by atoms with E-state index < -0.39 is 0 Å². The van der Waals surface area contributed by atoms with Gasteiger partial charge in [-0.1, -0.05) is 49.1 Å². The molecule has 1 aliphatic heterocycles. The Labute approximate surface area is 171 Å². The third-order valence-corrected chi connectivity index (χ3v) is 7.56. The zero-order chi connectivity index (χ0) is 19.3. The van der Waals surface area contributed by atoms with Crippen LogP contribution >= 0.6 is 11.8 Å². The first-order chi connectivity index (χ1) is 13.7. The van der Waals surface area contributed by atoms with Gasteiger partial charge in [0.1, 0.15) is 0 Å². The molecule has 150 valence electrons. The van der Waals surface area contributed by atoms with Gasteiger partial charge in [-0.25, -0.2) is 4.68 Å². The summed E-state index contributed by atoms with van der Waals surface area (Å²) in [5, 5.41) is 9.08. The summed E-state index contributed by atoms with van der Waals surface area (Å²) in [4.78, 5) is 16.2. The summed E-state index contributed by atoms with van der Waals surface area (Å²) in [6.45, 7) is 3.77. The van der Waals surface area contributed by atoms with E-state index in [2.05, 4.69) is 41.5 Å². The lowest BCUT2D eigenvalue weighted by Crippen LogP contribution is -2.39. The highest BCUT2D eigenvalue weighted by molar-refractivity contribution is 8.00. The largest absolute Gasteiger partial charge is 0.337 e. The lowest BCUT2D eigenvalue weighted by molar-refractivity contribution is 0.0721. The molecular formula is C22H30N4OS. The van der Waals surface area contributed by atoms with Gasteiger partial charge in [-0.3, -0.25) is 4.79 Å². The standard InChI is InChI=1S/C22H30N4OS/c1-17-8-6-7-11-21(17)28-19-12-14-25(15-13-19)22(27)20-16-26(24-23-20)18-9-4-2-3-5-10-18/h6-8,11,16,18-19H,2-5,9-10,12-15H2,1H3. The van der Waals surface area contributed by atoms with Gasteiger partial charge in [0.15, 0.2) is 5.69 Å². The van der Waals surface area contributed by atoms with Crippen molar-refractivity contribution in [1.82, 2.24) is 19.9 Å². The second-order valence-corrected chi connectivity index (χ2v) is 9.45. The van der Waals surface area contributed by atoms with Crippen LogP contribution < -0.4 is 0 Å². The zero-order valence-electron chi connectivity index (χ0n) is 16.7. The first kappa shape index (κ1) is 19.5. The molecule has 0 N–H and O–H groups in total. The van der Waals surface area contributed by atoms with Gasteiger partial charge < -0.3 is 4.90 Å². The van der Waals surface area contributed by atoms with E-state index in [9.17, 15) is 4.79 Å². The van der Waals surface area contributed by atoms with Crippen molar-refractivity contribution >= 4 is 17.7 Å². The molecule has 1 aromatic heterocycles. The fourth-order valence-electron chi connectivity index (χ4n) is 4.28. The molecular weight excluding hydrogens is 368 g/mol. The van der Waals surface area contributed by atoms with Crippen LogP contribution in [0.3, 0.4) is 0 Å². The number of piperidine rings is 1. The summed E-state index contributed by atoms with van der Waals surface area (Å²) in [5.74, 6) is 0.0409. The normalized spacial score (nSPS) is 19.5. The fourth-order valence-corrected chi connectivity index (χ4v) is 5.50. The molecule has 5 nitrogen and oxygen atoms in total. The highest BCUT2D eigenvalue weighted by Crippen LogP contribution is 2.32. The van der Waals surface area contributed by atoms with Gasteiger partial charge >= 0.3 is 0 Å². The van der Waals surface area contributed by atoms with Crippen LogP contribution in [-0.2, 0) is 0 Å². The third-order valence-electron chi connectivity index (χ3n) is 6.04. The van der Waals surface area contributed by atoms with E-state index in [1.165, 1.54) is 36.1 Å². The van der Waals surface area contributed by atoms with E-state index in [0.717, 1.165) is 38.8 Å². The van der Waals surface area contributed by atoms with Gasteiger partial charge in [-0.15, -0.1) is 16.9 Å². The number of rotatable bonds is 4. The highest BCUT2D eigenvalue weighted by Gasteiger charge is 2.27. The molecule has 0 unspecified atom stereocenters. The summed E-state index contributed by atoms with van der Waals surface area (Å²) in [7, 11) is 0. The first-order valence-corrected chi connectivity index (χ1v) is 11.5. The predicted molar refractivity (Wildman–Crippen MR) is 113 cm³/mol. The number of aryl methyl sites for hydroxylation is 1. The molecule has 0 bridgehead atoms. The van der Waals surface area contributed by atoms with E-state index in [1.54, 1.807) is 0 Å². The van der Waals surface area contributed by atoms with E-state index in [4.69, 9.17) is 0 Å². The molecule has 2 heterocycles. The Morgan fingerprint density at radius 1 is 1.04 bits per heavy atom. The number of likely N-dealkylation sites (tertiary alicyclic amines) is 1. The highest BCUT2D eigenvalue weighted by atomic mass is 32.2. The Kier molecular flexibility index (Phi) is 6.35. The SMILES string of the molecule is Cc1ccccc1SC1CCN(C(=O)c2cn(C3CCCCCC3)nn2)CC1. The molecule has 2 aliphatic rings.